The predicted octanol–water partition coefficient (Wildman–Crippen LogP) is 3.58. The third kappa shape index (κ3) is 4.13. The largest absolute Gasteiger partial charge is 0.402 e. The average Bonchev–Trinajstić information content (AvgIpc) is 2.68. The summed E-state index contributed by atoms with van der Waals surface area (Å²) in [5, 5.41) is 7.74. The van der Waals surface area contributed by atoms with E-state index >= 15 is 0 Å². The Morgan fingerprint density at radius 2 is 1.93 bits per heavy atom. The summed E-state index contributed by atoms with van der Waals surface area (Å²) in [5.41, 5.74) is -1.74. The Labute approximate surface area is 162 Å². The number of urea groups is 1. The van der Waals surface area contributed by atoms with Crippen LogP contribution in [0.3, 0.4) is 0 Å². The van der Waals surface area contributed by atoms with Gasteiger partial charge in [-0.05, 0) is 13.0 Å². The van der Waals surface area contributed by atoms with Gasteiger partial charge in [0.05, 0.1) is 17.0 Å². The number of hydrogen-bond acceptors (Lipinski definition) is 6. The van der Waals surface area contributed by atoms with Gasteiger partial charge in [0.15, 0.2) is 0 Å². The fourth-order valence-corrected chi connectivity index (χ4v) is 2.68. The quantitative estimate of drug-likeness (QED) is 0.597. The lowest BCUT2D eigenvalue weighted by atomic mass is 10.0. The van der Waals surface area contributed by atoms with Gasteiger partial charge in [0.1, 0.15) is 23.6 Å². The van der Waals surface area contributed by atoms with Gasteiger partial charge in [0.2, 0.25) is 5.71 Å². The lowest BCUT2D eigenvalue weighted by molar-refractivity contribution is 0.146. The molecule has 8 nitrogen and oxygen atoms in total. The highest BCUT2D eigenvalue weighted by Crippen LogP contribution is 2.30. The Hall–Kier alpha value is -3.63. The molecule has 152 valence electrons. The highest BCUT2D eigenvalue weighted by molar-refractivity contribution is 5.93. The normalized spacial score (nSPS) is 12.1. The zero-order valence-electron chi connectivity index (χ0n) is 15.3. The third-order valence-electron chi connectivity index (χ3n) is 4.13. The number of amides is 2. The minimum absolute atomic E-state index is 0.00987. The number of carbonyl (C=O) groups is 1. The molecule has 2 aromatic heterocycles. The molecule has 2 amide bonds. The average molecular weight is 407 g/mol. The van der Waals surface area contributed by atoms with Crippen LogP contribution in [0.15, 0.2) is 39.8 Å². The van der Waals surface area contributed by atoms with Crippen molar-refractivity contribution in [2.24, 2.45) is 0 Å². The van der Waals surface area contributed by atoms with Crippen molar-refractivity contribution in [2.45, 2.75) is 19.4 Å². The van der Waals surface area contributed by atoms with E-state index in [1.165, 1.54) is 25.2 Å². The molecule has 0 aliphatic heterocycles. The first-order valence-electron chi connectivity index (χ1n) is 8.42. The number of aromatic nitrogens is 2. The first kappa shape index (κ1) is 20.1. The number of hydrogen-bond donors (Lipinski definition) is 3. The van der Waals surface area contributed by atoms with Crippen molar-refractivity contribution in [1.29, 1.82) is 0 Å². The summed E-state index contributed by atoms with van der Waals surface area (Å²) >= 11 is 0. The van der Waals surface area contributed by atoms with Gasteiger partial charge in [-0.1, -0.05) is 18.2 Å². The van der Waals surface area contributed by atoms with Gasteiger partial charge in [-0.25, -0.2) is 32.7 Å². The molecule has 11 heteroatoms. The molecule has 0 unspecified atom stereocenters. The summed E-state index contributed by atoms with van der Waals surface area (Å²) < 4.78 is 45.4. The number of nitrogens with one attached hydrogen (secondary N) is 3. The fourth-order valence-electron chi connectivity index (χ4n) is 2.68. The Bertz CT molecular complexity index is 1120. The van der Waals surface area contributed by atoms with Gasteiger partial charge < -0.3 is 20.4 Å². The summed E-state index contributed by atoms with van der Waals surface area (Å²) in [4.78, 5) is 31.4. The molecular formula is C18H16F3N5O3. The van der Waals surface area contributed by atoms with E-state index in [9.17, 15) is 22.8 Å². The van der Waals surface area contributed by atoms with Gasteiger partial charge in [0, 0.05) is 12.6 Å². The van der Waals surface area contributed by atoms with Crippen LogP contribution in [0.5, 0.6) is 0 Å². The standard InChI is InChI=1S/C18H16F3N5O3/c1-8(9-4-3-5-10(13(9)19)14(20)21)25-15-11-6-12(26-18(28)22-2)17(27)29-16(11)24-7-23-15/h3-8,14H,1-2H3,(H2,22,26,28)(H,23,24,25)/t8-/m1/s1. The highest BCUT2D eigenvalue weighted by atomic mass is 19.3. The van der Waals surface area contributed by atoms with Gasteiger partial charge in [-0.2, -0.15) is 0 Å². The zero-order valence-corrected chi connectivity index (χ0v) is 15.3. The lowest BCUT2D eigenvalue weighted by Gasteiger charge is -2.18. The number of rotatable bonds is 5. The maximum atomic E-state index is 14.4. The van der Waals surface area contributed by atoms with Crippen LogP contribution in [-0.4, -0.2) is 23.0 Å². The molecule has 0 fully saturated rings. The molecule has 0 radical (unpaired) electrons. The molecule has 0 spiro atoms. The van der Waals surface area contributed by atoms with Crippen molar-refractivity contribution in [3.63, 3.8) is 0 Å². The van der Waals surface area contributed by atoms with E-state index in [0.717, 1.165) is 12.4 Å². The highest BCUT2D eigenvalue weighted by Gasteiger charge is 2.20. The lowest BCUT2D eigenvalue weighted by Crippen LogP contribution is -2.27. The number of benzene rings is 1. The number of fused-ring (bicyclic) bond motifs is 1. The summed E-state index contributed by atoms with van der Waals surface area (Å²) in [6.07, 6.45) is -1.83. The van der Waals surface area contributed by atoms with Crippen LogP contribution in [0, 0.1) is 5.82 Å². The van der Waals surface area contributed by atoms with E-state index in [0.29, 0.717) is 0 Å². The van der Waals surface area contributed by atoms with Gasteiger partial charge in [-0.3, -0.25) is 0 Å². The number of carbonyl (C=O) groups excluding carboxylic acids is 1. The monoisotopic (exact) mass is 407 g/mol. The molecule has 0 saturated heterocycles. The van der Waals surface area contributed by atoms with E-state index in [2.05, 4.69) is 25.9 Å². The van der Waals surface area contributed by atoms with Crippen LogP contribution in [0.25, 0.3) is 11.1 Å². The maximum Gasteiger partial charge on any atom is 0.361 e. The number of halogens is 3. The Kier molecular flexibility index (Phi) is 5.66. The van der Waals surface area contributed by atoms with Crippen molar-refractivity contribution in [3.8, 4) is 0 Å². The molecule has 29 heavy (non-hydrogen) atoms. The smallest absolute Gasteiger partial charge is 0.361 e. The summed E-state index contributed by atoms with van der Waals surface area (Å²) in [6.45, 7) is 1.56. The van der Waals surface area contributed by atoms with Crippen molar-refractivity contribution >= 4 is 28.6 Å². The maximum absolute atomic E-state index is 14.4. The Morgan fingerprint density at radius 1 is 1.21 bits per heavy atom. The van der Waals surface area contributed by atoms with Crippen molar-refractivity contribution in [2.75, 3.05) is 17.7 Å². The van der Waals surface area contributed by atoms with Crippen LogP contribution < -0.4 is 21.6 Å². The van der Waals surface area contributed by atoms with Gasteiger partial charge in [-0.15, -0.1) is 0 Å². The molecule has 0 aliphatic carbocycles. The second kappa shape index (κ2) is 8.17. The SMILES string of the molecule is CNC(=O)Nc1cc2c(N[C@H](C)c3cccc(C(F)F)c3F)ncnc2oc1=O. The van der Waals surface area contributed by atoms with E-state index in [-0.39, 0.29) is 28.2 Å². The van der Waals surface area contributed by atoms with Gasteiger partial charge >= 0.3 is 11.7 Å². The molecule has 0 aliphatic rings. The Balaban J connectivity index is 2.00. The summed E-state index contributed by atoms with van der Waals surface area (Å²) in [7, 11) is 1.37. The van der Waals surface area contributed by atoms with Crippen molar-refractivity contribution in [3.05, 3.63) is 58.0 Å². The first-order valence-corrected chi connectivity index (χ1v) is 8.42. The van der Waals surface area contributed by atoms with Crippen LogP contribution >= 0.6 is 0 Å². The summed E-state index contributed by atoms with van der Waals surface area (Å²) in [5.74, 6) is -0.859. The first-order chi connectivity index (χ1) is 13.8. The predicted molar refractivity (Wildman–Crippen MR) is 99.5 cm³/mol. The van der Waals surface area contributed by atoms with E-state index in [1.54, 1.807) is 6.92 Å². The fraction of sp³-hybridized carbons (Fsp3) is 0.222. The molecule has 1 atom stereocenters. The molecule has 3 N–H and O–H groups in total. The van der Waals surface area contributed by atoms with Gasteiger partial charge in [0.25, 0.3) is 6.43 Å². The molecule has 3 rings (SSSR count). The second-order valence-electron chi connectivity index (χ2n) is 6.01. The van der Waals surface area contributed by atoms with Crippen LogP contribution in [0.2, 0.25) is 0 Å². The molecule has 1 aromatic carbocycles. The number of anilines is 2. The molecule has 0 saturated carbocycles. The van der Waals surface area contributed by atoms with E-state index < -0.39 is 35.5 Å². The molecular weight excluding hydrogens is 391 g/mol. The van der Waals surface area contributed by atoms with E-state index in [1.807, 2.05) is 0 Å². The zero-order chi connectivity index (χ0) is 21.1. The molecule has 3 aromatic rings. The molecule has 2 heterocycles. The third-order valence-corrected chi connectivity index (χ3v) is 4.13. The van der Waals surface area contributed by atoms with Crippen molar-refractivity contribution < 1.29 is 22.4 Å². The van der Waals surface area contributed by atoms with Crippen LogP contribution in [0.4, 0.5) is 29.5 Å². The van der Waals surface area contributed by atoms with Crippen molar-refractivity contribution in [1.82, 2.24) is 15.3 Å². The topological polar surface area (TPSA) is 109 Å². The minimum atomic E-state index is -2.95. The second-order valence-corrected chi connectivity index (χ2v) is 6.01. The molecule has 0 bridgehead atoms. The summed E-state index contributed by atoms with van der Waals surface area (Å²) in [6, 6.07) is 3.64. The number of nitrogens with zero attached hydrogens (tertiary/aromatic N) is 2. The Morgan fingerprint density at radius 3 is 2.62 bits per heavy atom. The minimum Gasteiger partial charge on any atom is -0.402 e. The van der Waals surface area contributed by atoms with E-state index in [4.69, 9.17) is 4.42 Å². The number of alkyl halides is 2. The van der Waals surface area contributed by atoms with Crippen LogP contribution in [-0.2, 0) is 0 Å². The van der Waals surface area contributed by atoms with Crippen LogP contribution in [0.1, 0.15) is 30.5 Å².